The highest BCUT2D eigenvalue weighted by molar-refractivity contribution is 4.09. The van der Waals surface area contributed by atoms with Crippen molar-refractivity contribution in [1.82, 2.24) is 5.32 Å². The summed E-state index contributed by atoms with van der Waals surface area (Å²) in [6.07, 6.45) is 0. The summed E-state index contributed by atoms with van der Waals surface area (Å²) < 4.78 is 0. The molecule has 0 aliphatic rings. The van der Waals surface area contributed by atoms with E-state index in [1.54, 1.807) is 0 Å². The second-order valence-electron chi connectivity index (χ2n) is 0.506. The SMILES string of the molecule is OC[N]CO. The first-order valence-electron chi connectivity index (χ1n) is 1.26. The molecule has 1 radical (unpaired) electrons. The highest BCUT2D eigenvalue weighted by Gasteiger charge is 1.67. The summed E-state index contributed by atoms with van der Waals surface area (Å²) >= 11 is 0. The van der Waals surface area contributed by atoms with Crippen molar-refractivity contribution in [1.29, 1.82) is 0 Å². The van der Waals surface area contributed by atoms with Crippen LogP contribution in [0.2, 0.25) is 0 Å². The van der Waals surface area contributed by atoms with Crippen LogP contribution < -0.4 is 5.32 Å². The van der Waals surface area contributed by atoms with Crippen LogP contribution in [-0.2, 0) is 0 Å². The second-order valence-corrected chi connectivity index (χ2v) is 0.506. The number of rotatable bonds is 2. The van der Waals surface area contributed by atoms with Gasteiger partial charge in [-0.05, 0) is 0 Å². The zero-order valence-electron chi connectivity index (χ0n) is 2.76. The van der Waals surface area contributed by atoms with Crippen molar-refractivity contribution >= 4 is 0 Å². The topological polar surface area (TPSA) is 54.6 Å². The van der Waals surface area contributed by atoms with Gasteiger partial charge in [0, 0.05) is 0 Å². The fraction of sp³-hybridized carbons (Fsp3) is 1.00. The maximum Gasteiger partial charge on any atom is 0.111 e. The lowest BCUT2D eigenvalue weighted by molar-refractivity contribution is 0.180. The Balaban J connectivity index is 2.19. The lowest BCUT2D eigenvalue weighted by Crippen LogP contribution is -2.05. The molecule has 0 unspecified atom stereocenters. The van der Waals surface area contributed by atoms with Gasteiger partial charge in [-0.3, -0.25) is 0 Å². The van der Waals surface area contributed by atoms with E-state index < -0.39 is 0 Å². The molecule has 0 aromatic rings. The molecule has 0 aromatic heterocycles. The van der Waals surface area contributed by atoms with Gasteiger partial charge in [0.25, 0.3) is 0 Å². The van der Waals surface area contributed by atoms with Crippen LogP contribution in [0.15, 0.2) is 0 Å². The van der Waals surface area contributed by atoms with Gasteiger partial charge in [-0.1, -0.05) is 0 Å². The normalized spacial score (nSPS) is 8.40. The summed E-state index contributed by atoms with van der Waals surface area (Å²) in [7, 11) is 0. The highest BCUT2D eigenvalue weighted by atomic mass is 16.3. The molecule has 0 saturated carbocycles. The van der Waals surface area contributed by atoms with E-state index in [1.165, 1.54) is 0 Å². The van der Waals surface area contributed by atoms with Crippen molar-refractivity contribution in [3.63, 3.8) is 0 Å². The molecule has 2 N–H and O–H groups in total. The standard InChI is InChI=1S/C2H6NO2/c4-1-3-2-5/h4-5H,1-2H2. The molecular formula is C2H6NO2. The third-order valence-corrected chi connectivity index (χ3v) is 0.200. The third kappa shape index (κ3) is 3.88. The largest absolute Gasteiger partial charge is 0.380 e. The average Bonchev–Trinajstić information content (AvgIpc) is 1.41. The van der Waals surface area contributed by atoms with E-state index in [1.807, 2.05) is 0 Å². The molecule has 0 aliphatic carbocycles. The van der Waals surface area contributed by atoms with Gasteiger partial charge >= 0.3 is 0 Å². The first-order chi connectivity index (χ1) is 2.41. The van der Waals surface area contributed by atoms with E-state index in [2.05, 4.69) is 5.32 Å². The predicted molar refractivity (Wildman–Crippen MR) is 16.3 cm³/mol. The number of aliphatic hydroxyl groups excluding tert-OH is 2. The first kappa shape index (κ1) is 4.88. The summed E-state index contributed by atoms with van der Waals surface area (Å²) in [5.41, 5.74) is 0. The second kappa shape index (κ2) is 3.88. The number of aliphatic hydroxyl groups is 2. The van der Waals surface area contributed by atoms with Gasteiger partial charge in [-0.25, -0.2) is 0 Å². The maximum atomic E-state index is 7.74. The summed E-state index contributed by atoms with van der Waals surface area (Å²) in [4.78, 5) is 0. The van der Waals surface area contributed by atoms with E-state index in [4.69, 9.17) is 10.2 Å². The molecule has 0 heterocycles. The molecule has 0 amide bonds. The summed E-state index contributed by atoms with van der Waals surface area (Å²) in [6.45, 7) is -0.562. The molecule has 0 saturated heterocycles. The predicted octanol–water partition coefficient (Wildman–Crippen LogP) is -1.51. The Labute approximate surface area is 30.2 Å². The molecule has 0 fully saturated rings. The molecule has 0 rings (SSSR count). The lowest BCUT2D eigenvalue weighted by Gasteiger charge is -1.81. The Kier molecular flexibility index (Phi) is 3.79. The summed E-state index contributed by atoms with van der Waals surface area (Å²) in [5, 5.41) is 18.6. The van der Waals surface area contributed by atoms with Crippen LogP contribution in [0.5, 0.6) is 0 Å². The van der Waals surface area contributed by atoms with Crippen molar-refractivity contribution in [2.45, 2.75) is 0 Å². The maximum absolute atomic E-state index is 7.74. The Morgan fingerprint density at radius 2 is 1.60 bits per heavy atom. The molecule has 0 atom stereocenters. The van der Waals surface area contributed by atoms with Crippen molar-refractivity contribution in [3.8, 4) is 0 Å². The fourth-order valence-corrected chi connectivity index (χ4v) is 0.0447. The molecule has 3 nitrogen and oxygen atoms in total. The van der Waals surface area contributed by atoms with Crippen LogP contribution in [0.1, 0.15) is 0 Å². The van der Waals surface area contributed by atoms with Crippen LogP contribution in [-0.4, -0.2) is 23.7 Å². The smallest absolute Gasteiger partial charge is 0.111 e. The minimum atomic E-state index is -0.281. The van der Waals surface area contributed by atoms with Crippen molar-refractivity contribution in [2.24, 2.45) is 0 Å². The van der Waals surface area contributed by atoms with Gasteiger partial charge in [0.15, 0.2) is 0 Å². The molecule has 0 aliphatic heterocycles. The minimum absolute atomic E-state index is 0.281. The highest BCUT2D eigenvalue weighted by Crippen LogP contribution is 1.43. The molecular weight excluding hydrogens is 70.0 g/mol. The number of hydrogen-bond donors (Lipinski definition) is 2. The Morgan fingerprint density at radius 1 is 1.20 bits per heavy atom. The lowest BCUT2D eigenvalue weighted by atomic mass is 11.1. The van der Waals surface area contributed by atoms with Crippen molar-refractivity contribution in [3.05, 3.63) is 0 Å². The number of nitrogens with zero attached hydrogens (tertiary/aromatic N) is 1. The van der Waals surface area contributed by atoms with Crippen molar-refractivity contribution in [2.75, 3.05) is 13.5 Å². The van der Waals surface area contributed by atoms with E-state index in [9.17, 15) is 0 Å². The van der Waals surface area contributed by atoms with Gasteiger partial charge in [0.2, 0.25) is 0 Å². The Hall–Kier alpha value is -0.120. The molecule has 0 bridgehead atoms. The molecule has 5 heavy (non-hydrogen) atoms. The third-order valence-electron chi connectivity index (χ3n) is 0.200. The molecule has 0 aromatic carbocycles. The minimum Gasteiger partial charge on any atom is -0.380 e. The van der Waals surface area contributed by atoms with Gasteiger partial charge < -0.3 is 10.2 Å². The van der Waals surface area contributed by atoms with Gasteiger partial charge in [0.1, 0.15) is 13.5 Å². The Bertz CT molecular complexity index is 15.1. The van der Waals surface area contributed by atoms with E-state index in [-0.39, 0.29) is 13.5 Å². The molecule has 0 spiro atoms. The fourth-order valence-electron chi connectivity index (χ4n) is 0.0447. The zero-order valence-corrected chi connectivity index (χ0v) is 2.76. The van der Waals surface area contributed by atoms with Crippen LogP contribution >= 0.6 is 0 Å². The van der Waals surface area contributed by atoms with Gasteiger partial charge in [-0.2, -0.15) is 5.32 Å². The number of hydrogen-bond acceptors (Lipinski definition) is 2. The average molecular weight is 76.1 g/mol. The van der Waals surface area contributed by atoms with Crippen LogP contribution in [0, 0.1) is 0 Å². The Morgan fingerprint density at radius 3 is 1.60 bits per heavy atom. The zero-order chi connectivity index (χ0) is 4.12. The first-order valence-corrected chi connectivity index (χ1v) is 1.26. The van der Waals surface area contributed by atoms with E-state index >= 15 is 0 Å². The van der Waals surface area contributed by atoms with E-state index in [0.29, 0.717) is 0 Å². The molecule has 3 heteroatoms. The monoisotopic (exact) mass is 76.0 g/mol. The van der Waals surface area contributed by atoms with Crippen LogP contribution in [0.4, 0.5) is 0 Å². The van der Waals surface area contributed by atoms with Gasteiger partial charge in [0.05, 0.1) is 0 Å². The van der Waals surface area contributed by atoms with Crippen LogP contribution in [0.3, 0.4) is 0 Å². The van der Waals surface area contributed by atoms with Crippen LogP contribution in [0.25, 0.3) is 0 Å². The van der Waals surface area contributed by atoms with Crippen molar-refractivity contribution < 1.29 is 10.2 Å². The van der Waals surface area contributed by atoms with E-state index in [0.717, 1.165) is 0 Å². The quantitative estimate of drug-likeness (QED) is 0.420. The summed E-state index contributed by atoms with van der Waals surface area (Å²) in [5.74, 6) is 0. The molecule has 31 valence electrons. The summed E-state index contributed by atoms with van der Waals surface area (Å²) in [6, 6.07) is 0. The van der Waals surface area contributed by atoms with Gasteiger partial charge in [-0.15, -0.1) is 0 Å².